The maximum absolute atomic E-state index is 12.7. The zero-order chi connectivity index (χ0) is 24.7. The Morgan fingerprint density at radius 2 is 1.70 bits per heavy atom. The Morgan fingerprint density at radius 3 is 2.21 bits per heavy atom. The van der Waals surface area contributed by atoms with E-state index in [4.69, 9.17) is 0 Å². The molecule has 9 nitrogen and oxygen atoms in total. The highest BCUT2D eigenvalue weighted by Crippen LogP contribution is 2.18. The van der Waals surface area contributed by atoms with Crippen LogP contribution < -0.4 is 16.0 Å². The van der Waals surface area contributed by atoms with Crippen LogP contribution in [0, 0.1) is 5.92 Å². The second-order valence-electron chi connectivity index (χ2n) is 8.41. The first kappa shape index (κ1) is 26.4. The number of hydrogen-bond donors (Lipinski definition) is 4. The number of aryl methyl sites for hydroxylation is 1. The molecule has 1 fully saturated rings. The number of likely N-dealkylation sites (tertiary alicyclic amines) is 1. The molecule has 3 atom stereocenters. The summed E-state index contributed by atoms with van der Waals surface area (Å²) < 4.78 is 0. The molecule has 10 heteroatoms. The fourth-order valence-electron chi connectivity index (χ4n) is 3.34. The van der Waals surface area contributed by atoms with E-state index in [2.05, 4.69) is 28.6 Å². The summed E-state index contributed by atoms with van der Waals surface area (Å²) in [4.78, 5) is 62.3. The van der Waals surface area contributed by atoms with Crippen LogP contribution in [0.2, 0.25) is 0 Å². The lowest BCUT2D eigenvalue weighted by atomic mass is 10.0. The van der Waals surface area contributed by atoms with Crippen molar-refractivity contribution in [3.05, 3.63) is 29.8 Å². The first-order valence-electron chi connectivity index (χ1n) is 11.0. The number of thiol groups is 1. The number of nitrogens with zero attached hydrogens (tertiary/aromatic N) is 1. The predicted molar refractivity (Wildman–Crippen MR) is 128 cm³/mol. The largest absolute Gasteiger partial charge is 0.344 e. The average Bonchev–Trinajstić information content (AvgIpc) is 3.01. The lowest BCUT2D eigenvalue weighted by molar-refractivity contribution is -0.139. The van der Waals surface area contributed by atoms with Gasteiger partial charge in [0.1, 0.15) is 12.1 Å². The Balaban J connectivity index is 1.88. The van der Waals surface area contributed by atoms with Gasteiger partial charge >= 0.3 is 0 Å². The highest BCUT2D eigenvalue weighted by Gasteiger charge is 2.36. The quantitative estimate of drug-likeness (QED) is 0.299. The van der Waals surface area contributed by atoms with Crippen LogP contribution in [0.1, 0.15) is 46.1 Å². The highest BCUT2D eigenvalue weighted by molar-refractivity contribution is 7.81. The number of carbonyl (C=O) groups excluding carboxylic acids is 5. The molecule has 1 aliphatic heterocycles. The van der Waals surface area contributed by atoms with Crippen LogP contribution in [0.15, 0.2) is 24.3 Å². The van der Waals surface area contributed by atoms with Gasteiger partial charge in [-0.05, 0) is 37.0 Å². The van der Waals surface area contributed by atoms with Gasteiger partial charge in [0.15, 0.2) is 0 Å². The molecule has 1 aromatic rings. The summed E-state index contributed by atoms with van der Waals surface area (Å²) in [7, 11) is 0. The molecule has 1 aromatic carbocycles. The van der Waals surface area contributed by atoms with Crippen molar-refractivity contribution in [1.82, 2.24) is 15.5 Å². The summed E-state index contributed by atoms with van der Waals surface area (Å²) in [5.41, 5.74) is 1.77. The molecule has 0 saturated carbocycles. The summed E-state index contributed by atoms with van der Waals surface area (Å²) in [6.45, 7) is 7.07. The Labute approximate surface area is 199 Å². The molecule has 1 heterocycles. The van der Waals surface area contributed by atoms with Crippen molar-refractivity contribution < 1.29 is 24.0 Å². The van der Waals surface area contributed by atoms with Crippen molar-refractivity contribution >= 4 is 47.9 Å². The molecule has 1 aliphatic rings. The number of nitrogens with one attached hydrogen (secondary N) is 3. The summed E-state index contributed by atoms with van der Waals surface area (Å²) in [6.07, 6.45) is 0.783. The lowest BCUT2D eigenvalue weighted by Crippen LogP contribution is -2.54. The van der Waals surface area contributed by atoms with Crippen LogP contribution in [-0.2, 0) is 30.4 Å². The maximum atomic E-state index is 12.7. The molecule has 5 amide bonds. The van der Waals surface area contributed by atoms with Gasteiger partial charge in [0.05, 0.1) is 5.25 Å². The Kier molecular flexibility index (Phi) is 9.45. The Hall–Kier alpha value is -2.88. The SMILES string of the molecule is CCc1ccc(NC(=O)[C@H](C)NC(=O)C(NC(=O)CCN2C(=O)CC(S)C2=O)C(C)C)cc1. The van der Waals surface area contributed by atoms with Crippen LogP contribution in [0.5, 0.6) is 0 Å². The van der Waals surface area contributed by atoms with E-state index in [0.29, 0.717) is 5.69 Å². The van der Waals surface area contributed by atoms with Gasteiger partial charge < -0.3 is 16.0 Å². The third kappa shape index (κ3) is 7.31. The van der Waals surface area contributed by atoms with Gasteiger partial charge in [0, 0.05) is 25.1 Å². The normalized spacial score (nSPS) is 17.6. The first-order valence-corrected chi connectivity index (χ1v) is 11.6. The number of amides is 5. The monoisotopic (exact) mass is 476 g/mol. The number of anilines is 1. The average molecular weight is 477 g/mol. The van der Waals surface area contributed by atoms with Gasteiger partial charge in [-0.15, -0.1) is 0 Å². The topological polar surface area (TPSA) is 125 Å². The molecule has 3 N–H and O–H groups in total. The van der Waals surface area contributed by atoms with E-state index in [9.17, 15) is 24.0 Å². The number of imide groups is 1. The third-order valence-electron chi connectivity index (χ3n) is 5.43. The van der Waals surface area contributed by atoms with Gasteiger partial charge in [-0.25, -0.2) is 0 Å². The van der Waals surface area contributed by atoms with Crippen molar-refractivity contribution in [2.45, 2.75) is 64.3 Å². The first-order chi connectivity index (χ1) is 15.5. The smallest absolute Gasteiger partial charge is 0.246 e. The van der Waals surface area contributed by atoms with E-state index in [0.717, 1.165) is 16.9 Å². The fraction of sp³-hybridized carbons (Fsp3) is 0.522. The molecule has 0 bridgehead atoms. The van der Waals surface area contributed by atoms with Crippen LogP contribution in [0.4, 0.5) is 5.69 Å². The number of hydrogen-bond acceptors (Lipinski definition) is 6. The summed E-state index contributed by atoms with van der Waals surface area (Å²) in [6, 6.07) is 5.74. The zero-order valence-electron chi connectivity index (χ0n) is 19.4. The highest BCUT2D eigenvalue weighted by atomic mass is 32.1. The summed E-state index contributed by atoms with van der Waals surface area (Å²) in [5, 5.41) is 7.35. The number of rotatable bonds is 10. The molecule has 0 aliphatic carbocycles. The summed E-state index contributed by atoms with van der Waals surface area (Å²) >= 11 is 4.05. The van der Waals surface area contributed by atoms with E-state index in [1.807, 2.05) is 19.1 Å². The molecule has 0 spiro atoms. The lowest BCUT2D eigenvalue weighted by Gasteiger charge is -2.24. The van der Waals surface area contributed by atoms with Gasteiger partial charge in [-0.2, -0.15) is 12.6 Å². The van der Waals surface area contributed by atoms with Gasteiger partial charge in [0.2, 0.25) is 29.5 Å². The second kappa shape index (κ2) is 11.8. The van der Waals surface area contributed by atoms with Gasteiger partial charge in [-0.3, -0.25) is 28.9 Å². The van der Waals surface area contributed by atoms with Crippen molar-refractivity contribution in [3.63, 3.8) is 0 Å². The molecular formula is C23H32N4O5S. The number of carbonyl (C=O) groups is 5. The van der Waals surface area contributed by atoms with E-state index in [-0.39, 0.29) is 37.1 Å². The van der Waals surface area contributed by atoms with Crippen LogP contribution in [-0.4, -0.2) is 58.3 Å². The standard InChI is InChI=1S/C23H32N4O5S/c1-5-15-6-8-16(9-7-15)25-21(30)14(4)24-22(31)20(13(2)3)26-18(28)10-11-27-19(29)12-17(33)23(27)32/h6-9,13-14,17,20,33H,5,10-12H2,1-4H3,(H,24,31)(H,25,30)(H,26,28)/t14-,17?,20?/m0/s1. The molecule has 1 saturated heterocycles. The van der Waals surface area contributed by atoms with Crippen LogP contribution in [0.25, 0.3) is 0 Å². The Morgan fingerprint density at radius 1 is 1.06 bits per heavy atom. The third-order valence-corrected chi connectivity index (χ3v) is 5.83. The van der Waals surface area contributed by atoms with Crippen LogP contribution >= 0.6 is 12.6 Å². The minimum Gasteiger partial charge on any atom is -0.344 e. The summed E-state index contributed by atoms with van der Waals surface area (Å²) in [5.74, 6) is -2.38. The van der Waals surface area contributed by atoms with E-state index >= 15 is 0 Å². The van der Waals surface area contributed by atoms with Crippen molar-refractivity contribution in [2.75, 3.05) is 11.9 Å². The van der Waals surface area contributed by atoms with Gasteiger partial charge in [-0.1, -0.05) is 32.9 Å². The van der Waals surface area contributed by atoms with Crippen LogP contribution in [0.3, 0.4) is 0 Å². The van der Waals surface area contributed by atoms with Crippen molar-refractivity contribution in [2.24, 2.45) is 5.92 Å². The van der Waals surface area contributed by atoms with Crippen molar-refractivity contribution in [3.8, 4) is 0 Å². The van der Waals surface area contributed by atoms with Gasteiger partial charge in [0.25, 0.3) is 0 Å². The van der Waals surface area contributed by atoms with E-state index < -0.39 is 35.1 Å². The molecule has 2 rings (SSSR count). The van der Waals surface area contributed by atoms with E-state index in [1.165, 1.54) is 0 Å². The number of benzene rings is 1. The molecular weight excluding hydrogens is 444 g/mol. The zero-order valence-corrected chi connectivity index (χ0v) is 20.3. The predicted octanol–water partition coefficient (Wildman–Crippen LogP) is 1.28. The molecule has 180 valence electrons. The fourth-order valence-corrected chi connectivity index (χ4v) is 3.63. The molecule has 33 heavy (non-hydrogen) atoms. The molecule has 0 radical (unpaired) electrons. The van der Waals surface area contributed by atoms with Crippen molar-refractivity contribution in [1.29, 1.82) is 0 Å². The Bertz CT molecular complexity index is 903. The molecule has 0 aromatic heterocycles. The maximum Gasteiger partial charge on any atom is 0.246 e. The van der Waals surface area contributed by atoms with E-state index in [1.54, 1.807) is 32.9 Å². The minimum absolute atomic E-state index is 0.0172. The molecule has 2 unspecified atom stereocenters. The second-order valence-corrected chi connectivity index (χ2v) is 9.04. The minimum atomic E-state index is -0.876.